The first kappa shape index (κ1) is 15.6. The number of hydrogen-bond donors (Lipinski definition) is 2. The normalized spacial score (nSPS) is 14.5. The van der Waals surface area contributed by atoms with E-state index in [0.29, 0.717) is 0 Å². The Bertz CT molecular complexity index is 415. The molecule has 3 N–H and O–H groups in total. The fraction of sp³-hybridized carbons (Fsp3) is 0.533. The molecule has 0 aliphatic rings. The topological polar surface area (TPSA) is 55.1 Å². The molecule has 0 spiro atoms. The molecule has 0 aliphatic carbocycles. The van der Waals surface area contributed by atoms with Crippen LogP contribution in [0.1, 0.15) is 39.3 Å². The third-order valence-electron chi connectivity index (χ3n) is 3.21. The maximum Gasteiger partial charge on any atom is 0.237 e. The van der Waals surface area contributed by atoms with Crippen LogP contribution in [0.2, 0.25) is 0 Å². The molecule has 0 heterocycles. The van der Waals surface area contributed by atoms with Crippen LogP contribution in [0.25, 0.3) is 0 Å². The second-order valence-corrected chi connectivity index (χ2v) is 5.55. The first-order chi connectivity index (χ1) is 8.82. The summed E-state index contributed by atoms with van der Waals surface area (Å²) in [5.41, 5.74) is 6.73. The summed E-state index contributed by atoms with van der Waals surface area (Å²) in [5.74, 6) is -0.163. The van der Waals surface area contributed by atoms with Crippen LogP contribution in [0.5, 0.6) is 0 Å². The van der Waals surface area contributed by atoms with E-state index in [4.69, 9.17) is 5.73 Å². The Hall–Kier alpha value is -1.42. The van der Waals surface area contributed by atoms with Crippen molar-refractivity contribution in [2.75, 3.05) is 0 Å². The number of halogens is 1. The Balaban J connectivity index is 2.85. The van der Waals surface area contributed by atoms with E-state index in [1.807, 2.05) is 27.7 Å². The minimum atomic E-state index is -0.526. The molecule has 0 fully saturated rings. The minimum absolute atomic E-state index is 0.0843. The van der Waals surface area contributed by atoms with Gasteiger partial charge in [0.25, 0.3) is 0 Å². The fourth-order valence-electron chi connectivity index (χ4n) is 1.86. The zero-order valence-electron chi connectivity index (χ0n) is 12.0. The largest absolute Gasteiger partial charge is 0.348 e. The van der Waals surface area contributed by atoms with Crippen molar-refractivity contribution in [3.63, 3.8) is 0 Å². The molecule has 1 amide bonds. The quantitative estimate of drug-likeness (QED) is 0.860. The van der Waals surface area contributed by atoms with E-state index in [9.17, 15) is 9.18 Å². The first-order valence-electron chi connectivity index (χ1n) is 6.64. The Labute approximate surface area is 114 Å². The highest BCUT2D eigenvalue weighted by molar-refractivity contribution is 5.82. The lowest BCUT2D eigenvalue weighted by Crippen LogP contribution is -2.46. The summed E-state index contributed by atoms with van der Waals surface area (Å²) in [5, 5.41) is 2.95. The lowest BCUT2D eigenvalue weighted by atomic mass is 9.95. The summed E-state index contributed by atoms with van der Waals surface area (Å²) < 4.78 is 12.9. The lowest BCUT2D eigenvalue weighted by Gasteiger charge is -2.25. The summed E-state index contributed by atoms with van der Waals surface area (Å²) in [6.45, 7) is 7.84. The van der Waals surface area contributed by atoms with Gasteiger partial charge in [0.2, 0.25) is 5.91 Å². The summed E-state index contributed by atoms with van der Waals surface area (Å²) in [6, 6.07) is 5.51. The third-order valence-corrected chi connectivity index (χ3v) is 3.21. The van der Waals surface area contributed by atoms with E-state index in [2.05, 4.69) is 5.32 Å². The Morgan fingerprint density at radius 1 is 1.11 bits per heavy atom. The molecule has 2 unspecified atom stereocenters. The van der Waals surface area contributed by atoms with Crippen molar-refractivity contribution in [1.82, 2.24) is 5.32 Å². The summed E-state index contributed by atoms with van der Waals surface area (Å²) in [7, 11) is 0. The zero-order chi connectivity index (χ0) is 14.6. The molecule has 2 atom stereocenters. The van der Waals surface area contributed by atoms with Crippen molar-refractivity contribution in [2.45, 2.75) is 39.8 Å². The number of carbonyl (C=O) groups excluding carboxylic acids is 1. The molecule has 106 valence electrons. The van der Waals surface area contributed by atoms with E-state index in [0.717, 1.165) is 5.56 Å². The van der Waals surface area contributed by atoms with Crippen molar-refractivity contribution >= 4 is 5.91 Å². The molecule has 0 aromatic heterocycles. The predicted octanol–water partition coefficient (Wildman–Crippen LogP) is 2.62. The summed E-state index contributed by atoms with van der Waals surface area (Å²) in [4.78, 5) is 12.0. The van der Waals surface area contributed by atoms with Gasteiger partial charge in [0.1, 0.15) is 5.82 Å². The van der Waals surface area contributed by atoms with E-state index in [-0.39, 0.29) is 29.6 Å². The summed E-state index contributed by atoms with van der Waals surface area (Å²) in [6.07, 6.45) is 0. The van der Waals surface area contributed by atoms with Crippen LogP contribution in [0.4, 0.5) is 4.39 Å². The molecule has 0 saturated carbocycles. The van der Waals surface area contributed by atoms with Crippen molar-refractivity contribution < 1.29 is 9.18 Å². The molecule has 1 rings (SSSR count). The van der Waals surface area contributed by atoms with Crippen LogP contribution >= 0.6 is 0 Å². The van der Waals surface area contributed by atoms with Gasteiger partial charge in [-0.1, -0.05) is 39.8 Å². The van der Waals surface area contributed by atoms with Gasteiger partial charge in [-0.2, -0.15) is 0 Å². The molecular weight excluding hydrogens is 243 g/mol. The molecule has 19 heavy (non-hydrogen) atoms. The van der Waals surface area contributed by atoms with Crippen LogP contribution in [-0.4, -0.2) is 11.9 Å². The number of nitrogens with one attached hydrogen (secondary N) is 1. The van der Waals surface area contributed by atoms with Crippen LogP contribution in [-0.2, 0) is 4.79 Å². The maximum absolute atomic E-state index is 12.9. The van der Waals surface area contributed by atoms with Crippen LogP contribution in [0.15, 0.2) is 24.3 Å². The Kier molecular flexibility index (Phi) is 5.48. The highest BCUT2D eigenvalue weighted by Crippen LogP contribution is 2.22. The average Bonchev–Trinajstić information content (AvgIpc) is 2.35. The molecule has 3 nitrogen and oxygen atoms in total. The molecule has 0 radical (unpaired) electrons. The smallest absolute Gasteiger partial charge is 0.237 e. The number of nitrogens with two attached hydrogens (primary N) is 1. The number of benzene rings is 1. The third kappa shape index (κ3) is 4.31. The second-order valence-electron chi connectivity index (χ2n) is 5.55. The van der Waals surface area contributed by atoms with E-state index >= 15 is 0 Å². The Morgan fingerprint density at radius 3 is 2.05 bits per heavy atom. The summed E-state index contributed by atoms with van der Waals surface area (Å²) >= 11 is 0. The highest BCUT2D eigenvalue weighted by atomic mass is 19.1. The monoisotopic (exact) mass is 266 g/mol. The van der Waals surface area contributed by atoms with Gasteiger partial charge in [-0.05, 0) is 29.5 Å². The van der Waals surface area contributed by atoms with Crippen molar-refractivity contribution in [1.29, 1.82) is 0 Å². The number of amides is 1. The van der Waals surface area contributed by atoms with Gasteiger partial charge in [-0.15, -0.1) is 0 Å². The van der Waals surface area contributed by atoms with Crippen molar-refractivity contribution in [3.05, 3.63) is 35.6 Å². The van der Waals surface area contributed by atoms with Crippen molar-refractivity contribution in [3.8, 4) is 0 Å². The van der Waals surface area contributed by atoms with Crippen LogP contribution < -0.4 is 11.1 Å². The van der Waals surface area contributed by atoms with Gasteiger partial charge >= 0.3 is 0 Å². The van der Waals surface area contributed by atoms with E-state index in [1.165, 1.54) is 12.1 Å². The second kappa shape index (κ2) is 6.66. The van der Waals surface area contributed by atoms with Gasteiger partial charge < -0.3 is 11.1 Å². The molecule has 1 aromatic carbocycles. The van der Waals surface area contributed by atoms with Gasteiger partial charge in [0.05, 0.1) is 12.1 Å². The molecule has 0 saturated heterocycles. The first-order valence-corrected chi connectivity index (χ1v) is 6.64. The van der Waals surface area contributed by atoms with Gasteiger partial charge in [-0.25, -0.2) is 4.39 Å². The minimum Gasteiger partial charge on any atom is -0.348 e. The molecule has 4 heteroatoms. The molecule has 1 aromatic rings. The van der Waals surface area contributed by atoms with Crippen molar-refractivity contribution in [2.24, 2.45) is 17.6 Å². The maximum atomic E-state index is 12.9. The lowest BCUT2D eigenvalue weighted by molar-refractivity contribution is -0.124. The number of rotatable bonds is 5. The number of hydrogen-bond acceptors (Lipinski definition) is 2. The molecule has 0 aliphatic heterocycles. The van der Waals surface area contributed by atoms with E-state index in [1.54, 1.807) is 12.1 Å². The van der Waals surface area contributed by atoms with E-state index < -0.39 is 6.04 Å². The predicted molar refractivity (Wildman–Crippen MR) is 74.9 cm³/mol. The van der Waals surface area contributed by atoms with Gasteiger partial charge in [-0.3, -0.25) is 4.79 Å². The SMILES string of the molecule is CC(C)C(N)C(=O)NC(c1ccc(F)cc1)C(C)C. The van der Waals surface area contributed by atoms with Gasteiger partial charge in [0, 0.05) is 0 Å². The van der Waals surface area contributed by atoms with Crippen LogP contribution in [0.3, 0.4) is 0 Å². The fourth-order valence-corrected chi connectivity index (χ4v) is 1.86. The Morgan fingerprint density at radius 2 is 1.63 bits per heavy atom. The standard InChI is InChI=1S/C15H23FN2O/c1-9(2)13(17)15(19)18-14(10(3)4)11-5-7-12(16)8-6-11/h5-10,13-14H,17H2,1-4H3,(H,18,19). The van der Waals surface area contributed by atoms with Gasteiger partial charge in [0.15, 0.2) is 0 Å². The average molecular weight is 266 g/mol. The molecular formula is C15H23FN2O. The molecule has 0 bridgehead atoms. The van der Waals surface area contributed by atoms with Crippen LogP contribution in [0, 0.1) is 17.7 Å². The zero-order valence-corrected chi connectivity index (χ0v) is 12.0. The highest BCUT2D eigenvalue weighted by Gasteiger charge is 2.23. The number of carbonyl (C=O) groups is 1.